The zero-order chi connectivity index (χ0) is 14.4. The first-order valence-corrected chi connectivity index (χ1v) is 7.93. The van der Waals surface area contributed by atoms with Crippen molar-refractivity contribution in [3.63, 3.8) is 0 Å². The molecule has 0 aromatic heterocycles. The van der Waals surface area contributed by atoms with Crippen LogP contribution in [0.2, 0.25) is 0 Å². The Hall–Kier alpha value is -0.380. The summed E-state index contributed by atoms with van der Waals surface area (Å²) in [6.07, 6.45) is 0. The Morgan fingerprint density at radius 2 is 1.58 bits per heavy atom. The second kappa shape index (κ2) is 8.03. The highest BCUT2D eigenvalue weighted by Crippen LogP contribution is 2.28. The summed E-state index contributed by atoms with van der Waals surface area (Å²) < 4.78 is 1.16. The maximum Gasteiger partial charge on any atom is 0.0481 e. The van der Waals surface area contributed by atoms with Crippen molar-refractivity contribution in [1.82, 2.24) is 4.90 Å². The van der Waals surface area contributed by atoms with Crippen LogP contribution in [0, 0.1) is 11.8 Å². The van der Waals surface area contributed by atoms with Crippen LogP contribution in [0.25, 0.3) is 0 Å². The van der Waals surface area contributed by atoms with Gasteiger partial charge in [-0.2, -0.15) is 0 Å². The van der Waals surface area contributed by atoms with E-state index in [4.69, 9.17) is 5.73 Å². The molecule has 1 rings (SSSR count). The summed E-state index contributed by atoms with van der Waals surface area (Å²) in [5.41, 5.74) is 7.36. The number of benzene rings is 1. The van der Waals surface area contributed by atoms with Gasteiger partial charge in [-0.1, -0.05) is 61.8 Å². The van der Waals surface area contributed by atoms with Crippen molar-refractivity contribution in [3.8, 4) is 0 Å². The number of hydrogen-bond acceptors (Lipinski definition) is 2. The van der Waals surface area contributed by atoms with E-state index in [1.807, 2.05) is 0 Å². The van der Waals surface area contributed by atoms with Crippen molar-refractivity contribution in [3.05, 3.63) is 34.3 Å². The molecule has 2 nitrogen and oxygen atoms in total. The van der Waals surface area contributed by atoms with Gasteiger partial charge < -0.3 is 5.73 Å². The molecule has 0 bridgehead atoms. The van der Waals surface area contributed by atoms with Crippen molar-refractivity contribution < 1.29 is 0 Å². The SMILES string of the molecule is CC(C)CN(CC(C)C)C(CN)c1ccccc1Br. The zero-order valence-electron chi connectivity index (χ0n) is 12.6. The quantitative estimate of drug-likeness (QED) is 0.818. The highest BCUT2D eigenvalue weighted by molar-refractivity contribution is 9.10. The Bertz CT molecular complexity index is 367. The Labute approximate surface area is 126 Å². The maximum atomic E-state index is 6.06. The topological polar surface area (TPSA) is 29.3 Å². The van der Waals surface area contributed by atoms with E-state index >= 15 is 0 Å². The lowest BCUT2D eigenvalue weighted by Crippen LogP contribution is -2.38. The zero-order valence-corrected chi connectivity index (χ0v) is 14.2. The predicted octanol–water partition coefficient (Wildman–Crippen LogP) is 4.06. The van der Waals surface area contributed by atoms with E-state index in [9.17, 15) is 0 Å². The van der Waals surface area contributed by atoms with E-state index in [1.54, 1.807) is 0 Å². The largest absolute Gasteiger partial charge is 0.329 e. The summed E-state index contributed by atoms with van der Waals surface area (Å²) in [7, 11) is 0. The van der Waals surface area contributed by atoms with Crippen molar-refractivity contribution in [1.29, 1.82) is 0 Å². The van der Waals surface area contributed by atoms with Gasteiger partial charge in [-0.25, -0.2) is 0 Å². The van der Waals surface area contributed by atoms with Gasteiger partial charge in [-0.15, -0.1) is 0 Å². The van der Waals surface area contributed by atoms with Crippen LogP contribution in [0.5, 0.6) is 0 Å². The molecular formula is C16H27BrN2. The summed E-state index contributed by atoms with van der Waals surface area (Å²) in [5, 5.41) is 0. The first-order chi connectivity index (χ1) is 8.95. The van der Waals surface area contributed by atoms with Crippen LogP contribution < -0.4 is 5.73 Å². The average Bonchev–Trinajstić information content (AvgIpc) is 2.30. The summed E-state index contributed by atoms with van der Waals surface area (Å²) in [5.74, 6) is 1.30. The molecule has 2 N–H and O–H groups in total. The second-order valence-corrected chi connectivity index (χ2v) is 6.87. The fourth-order valence-corrected chi connectivity index (χ4v) is 3.03. The highest BCUT2D eigenvalue weighted by Gasteiger charge is 2.22. The van der Waals surface area contributed by atoms with Crippen LogP contribution in [0.1, 0.15) is 39.3 Å². The molecule has 0 amide bonds. The molecule has 3 heteroatoms. The molecule has 0 aliphatic carbocycles. The molecule has 108 valence electrons. The van der Waals surface area contributed by atoms with Gasteiger partial charge in [0.05, 0.1) is 0 Å². The lowest BCUT2D eigenvalue weighted by Gasteiger charge is -2.34. The highest BCUT2D eigenvalue weighted by atomic mass is 79.9. The van der Waals surface area contributed by atoms with Crippen LogP contribution in [0.3, 0.4) is 0 Å². The van der Waals surface area contributed by atoms with Crippen LogP contribution >= 0.6 is 15.9 Å². The minimum absolute atomic E-state index is 0.292. The summed E-state index contributed by atoms with van der Waals surface area (Å²) >= 11 is 3.66. The van der Waals surface area contributed by atoms with Crippen LogP contribution in [-0.2, 0) is 0 Å². The van der Waals surface area contributed by atoms with E-state index in [-0.39, 0.29) is 0 Å². The molecule has 19 heavy (non-hydrogen) atoms. The molecule has 1 atom stereocenters. The lowest BCUT2D eigenvalue weighted by atomic mass is 10.0. The van der Waals surface area contributed by atoms with Crippen molar-refractivity contribution in [2.24, 2.45) is 17.6 Å². The van der Waals surface area contributed by atoms with Gasteiger partial charge in [0.15, 0.2) is 0 Å². The van der Waals surface area contributed by atoms with E-state index in [2.05, 4.69) is 72.8 Å². The fourth-order valence-electron chi connectivity index (χ4n) is 2.49. The summed E-state index contributed by atoms with van der Waals surface area (Å²) in [6.45, 7) is 11.9. The number of halogens is 1. The molecule has 0 spiro atoms. The van der Waals surface area contributed by atoms with Crippen LogP contribution in [0.4, 0.5) is 0 Å². The number of hydrogen-bond donors (Lipinski definition) is 1. The number of nitrogens with two attached hydrogens (primary N) is 1. The van der Waals surface area contributed by atoms with Crippen molar-refractivity contribution in [2.45, 2.75) is 33.7 Å². The van der Waals surface area contributed by atoms with Crippen LogP contribution in [0.15, 0.2) is 28.7 Å². The Morgan fingerprint density at radius 3 is 2.00 bits per heavy atom. The average molecular weight is 327 g/mol. The molecule has 1 unspecified atom stereocenters. The van der Waals surface area contributed by atoms with Crippen molar-refractivity contribution >= 4 is 15.9 Å². The molecular weight excluding hydrogens is 300 g/mol. The number of rotatable bonds is 7. The third-order valence-corrected chi connectivity index (χ3v) is 3.85. The monoisotopic (exact) mass is 326 g/mol. The fraction of sp³-hybridized carbons (Fsp3) is 0.625. The van der Waals surface area contributed by atoms with E-state index in [0.29, 0.717) is 24.4 Å². The predicted molar refractivity (Wildman–Crippen MR) is 87.2 cm³/mol. The van der Waals surface area contributed by atoms with Crippen molar-refractivity contribution in [2.75, 3.05) is 19.6 Å². The van der Waals surface area contributed by atoms with Gasteiger partial charge in [-0.3, -0.25) is 4.90 Å². The number of nitrogens with zero attached hydrogens (tertiary/aromatic N) is 1. The second-order valence-electron chi connectivity index (χ2n) is 6.01. The van der Waals surface area contributed by atoms with E-state index in [0.717, 1.165) is 17.6 Å². The minimum Gasteiger partial charge on any atom is -0.329 e. The summed E-state index contributed by atoms with van der Waals surface area (Å²) in [6, 6.07) is 8.71. The normalized spacial score (nSPS) is 13.5. The molecule has 0 saturated heterocycles. The minimum atomic E-state index is 0.292. The van der Waals surface area contributed by atoms with Crippen LogP contribution in [-0.4, -0.2) is 24.5 Å². The first-order valence-electron chi connectivity index (χ1n) is 7.14. The van der Waals surface area contributed by atoms with Gasteiger partial charge in [0.1, 0.15) is 0 Å². The molecule has 0 saturated carbocycles. The Balaban J connectivity index is 2.98. The molecule has 0 radical (unpaired) electrons. The molecule has 0 aliphatic heterocycles. The third-order valence-electron chi connectivity index (χ3n) is 3.13. The Morgan fingerprint density at radius 1 is 1.05 bits per heavy atom. The van der Waals surface area contributed by atoms with Gasteiger partial charge >= 0.3 is 0 Å². The molecule has 0 fully saturated rings. The van der Waals surface area contributed by atoms with Gasteiger partial charge in [0.2, 0.25) is 0 Å². The van der Waals surface area contributed by atoms with Gasteiger partial charge in [-0.05, 0) is 23.5 Å². The van der Waals surface area contributed by atoms with E-state index < -0.39 is 0 Å². The van der Waals surface area contributed by atoms with Gasteiger partial charge in [0, 0.05) is 30.1 Å². The molecule has 0 heterocycles. The molecule has 1 aromatic carbocycles. The third kappa shape index (κ3) is 5.25. The van der Waals surface area contributed by atoms with E-state index in [1.165, 1.54) is 5.56 Å². The van der Waals surface area contributed by atoms with Gasteiger partial charge in [0.25, 0.3) is 0 Å². The Kier molecular flexibility index (Phi) is 7.05. The standard InChI is InChI=1S/C16H27BrN2/c1-12(2)10-19(11-13(3)4)16(9-18)14-7-5-6-8-15(14)17/h5-8,12-13,16H,9-11,18H2,1-4H3. The maximum absolute atomic E-state index is 6.06. The lowest BCUT2D eigenvalue weighted by molar-refractivity contribution is 0.159. The molecule has 0 aliphatic rings. The first kappa shape index (κ1) is 16.7. The molecule has 1 aromatic rings. The summed E-state index contributed by atoms with van der Waals surface area (Å²) in [4.78, 5) is 2.52. The smallest absolute Gasteiger partial charge is 0.0481 e.